The summed E-state index contributed by atoms with van der Waals surface area (Å²) in [6.45, 7) is 2.46. The molecule has 1 fully saturated rings. The van der Waals surface area contributed by atoms with E-state index in [1.165, 1.54) is 18.4 Å². The first-order valence-corrected chi connectivity index (χ1v) is 5.78. The number of aliphatic hydroxyl groups is 1. The summed E-state index contributed by atoms with van der Waals surface area (Å²) in [5.74, 6) is 0.965. The summed E-state index contributed by atoms with van der Waals surface area (Å²) in [4.78, 5) is 0. The van der Waals surface area contributed by atoms with Gasteiger partial charge in [0.05, 0.1) is 6.61 Å². The van der Waals surface area contributed by atoms with Crippen molar-refractivity contribution >= 4 is 0 Å². The van der Waals surface area contributed by atoms with E-state index >= 15 is 0 Å². The number of piperidine rings is 1. The number of hydrogen-bond donors (Lipinski definition) is 2. The van der Waals surface area contributed by atoms with E-state index in [4.69, 9.17) is 0 Å². The lowest BCUT2D eigenvalue weighted by Gasteiger charge is -2.29. The number of nitrogens with one attached hydrogen (secondary N) is 1. The summed E-state index contributed by atoms with van der Waals surface area (Å²) in [5.41, 5.74) is 1.28. The summed E-state index contributed by atoms with van der Waals surface area (Å²) in [5, 5.41) is 12.9. The second-order valence-electron chi connectivity index (χ2n) is 4.29. The van der Waals surface area contributed by atoms with Crippen LogP contribution in [0, 0.1) is 5.92 Å². The normalized spacial score (nSPS) is 20.1. The van der Waals surface area contributed by atoms with E-state index in [0.717, 1.165) is 13.1 Å². The Morgan fingerprint density at radius 2 is 1.87 bits per heavy atom. The molecular formula is C13H19NO. The maximum Gasteiger partial charge on any atom is 0.0502 e. The van der Waals surface area contributed by atoms with Crippen molar-refractivity contribution in [3.8, 4) is 0 Å². The molecule has 1 aliphatic rings. The lowest BCUT2D eigenvalue weighted by atomic mass is 9.81. The molecule has 0 saturated carbocycles. The summed E-state index contributed by atoms with van der Waals surface area (Å²) in [7, 11) is 0. The van der Waals surface area contributed by atoms with Gasteiger partial charge in [-0.3, -0.25) is 0 Å². The van der Waals surface area contributed by atoms with Crippen LogP contribution in [-0.2, 0) is 0 Å². The zero-order valence-corrected chi connectivity index (χ0v) is 9.02. The molecule has 0 aliphatic carbocycles. The molecule has 1 unspecified atom stereocenters. The molecule has 82 valence electrons. The van der Waals surface area contributed by atoms with Crippen LogP contribution in [0.25, 0.3) is 0 Å². The van der Waals surface area contributed by atoms with Gasteiger partial charge in [0.2, 0.25) is 0 Å². The van der Waals surface area contributed by atoms with Crippen molar-refractivity contribution in [1.29, 1.82) is 0 Å². The number of hydrogen-bond acceptors (Lipinski definition) is 2. The molecule has 1 heterocycles. The van der Waals surface area contributed by atoms with Gasteiger partial charge in [0.15, 0.2) is 0 Å². The van der Waals surface area contributed by atoms with Crippen molar-refractivity contribution in [2.45, 2.75) is 18.8 Å². The van der Waals surface area contributed by atoms with Crippen molar-refractivity contribution in [2.24, 2.45) is 5.92 Å². The van der Waals surface area contributed by atoms with E-state index in [1.807, 2.05) is 6.07 Å². The number of benzene rings is 1. The quantitative estimate of drug-likeness (QED) is 0.788. The summed E-state index contributed by atoms with van der Waals surface area (Å²) < 4.78 is 0. The van der Waals surface area contributed by atoms with Gasteiger partial charge in [-0.15, -0.1) is 0 Å². The molecule has 1 aliphatic heterocycles. The Labute approximate surface area is 91.3 Å². The van der Waals surface area contributed by atoms with Gasteiger partial charge in [-0.05, 0) is 37.4 Å². The molecule has 1 aromatic rings. The topological polar surface area (TPSA) is 32.3 Å². The van der Waals surface area contributed by atoms with E-state index < -0.39 is 0 Å². The second kappa shape index (κ2) is 5.29. The van der Waals surface area contributed by atoms with Crippen molar-refractivity contribution in [1.82, 2.24) is 5.32 Å². The largest absolute Gasteiger partial charge is 0.396 e. The predicted molar refractivity (Wildman–Crippen MR) is 61.9 cm³/mol. The van der Waals surface area contributed by atoms with Crippen molar-refractivity contribution in [3.05, 3.63) is 35.9 Å². The van der Waals surface area contributed by atoms with Crippen molar-refractivity contribution in [3.63, 3.8) is 0 Å². The predicted octanol–water partition coefficient (Wildman–Crippen LogP) is 1.76. The molecule has 0 amide bonds. The van der Waals surface area contributed by atoms with Crippen molar-refractivity contribution < 1.29 is 5.11 Å². The fourth-order valence-corrected chi connectivity index (χ4v) is 2.47. The first kappa shape index (κ1) is 10.7. The molecule has 0 bridgehead atoms. The summed E-state index contributed by atoms with van der Waals surface area (Å²) in [6.07, 6.45) is 2.36. The molecule has 2 nitrogen and oxygen atoms in total. The third-order valence-electron chi connectivity index (χ3n) is 3.38. The minimum Gasteiger partial charge on any atom is -0.396 e. The van der Waals surface area contributed by atoms with Crippen LogP contribution < -0.4 is 5.32 Å². The molecule has 0 spiro atoms. The van der Waals surface area contributed by atoms with E-state index in [9.17, 15) is 5.11 Å². The van der Waals surface area contributed by atoms with E-state index in [2.05, 4.69) is 29.6 Å². The maximum atomic E-state index is 9.51. The standard InChI is InChI=1S/C13H19NO/c15-10-13(11-4-2-1-3-5-11)12-6-8-14-9-7-12/h1-5,12-15H,6-10H2. The molecule has 1 aromatic carbocycles. The Balaban J connectivity index is 2.09. The number of rotatable bonds is 3. The van der Waals surface area contributed by atoms with Gasteiger partial charge in [-0.2, -0.15) is 0 Å². The lowest BCUT2D eigenvalue weighted by molar-refractivity contribution is 0.201. The highest BCUT2D eigenvalue weighted by molar-refractivity contribution is 5.20. The molecule has 2 heteroatoms. The van der Waals surface area contributed by atoms with Crippen LogP contribution in [0.2, 0.25) is 0 Å². The van der Waals surface area contributed by atoms with Crippen LogP contribution in [0.5, 0.6) is 0 Å². The van der Waals surface area contributed by atoms with Crippen LogP contribution in [0.1, 0.15) is 24.3 Å². The summed E-state index contributed by atoms with van der Waals surface area (Å²) in [6, 6.07) is 10.4. The van der Waals surface area contributed by atoms with Gasteiger partial charge in [0.25, 0.3) is 0 Å². The molecular weight excluding hydrogens is 186 g/mol. The minimum absolute atomic E-state index is 0.273. The molecule has 2 rings (SSSR count). The SMILES string of the molecule is OCC(c1ccccc1)C1CCNCC1. The Bertz CT molecular complexity index is 280. The fourth-order valence-electron chi connectivity index (χ4n) is 2.47. The Morgan fingerprint density at radius 1 is 1.20 bits per heavy atom. The maximum absolute atomic E-state index is 9.51. The second-order valence-corrected chi connectivity index (χ2v) is 4.29. The van der Waals surface area contributed by atoms with Gasteiger partial charge in [-0.25, -0.2) is 0 Å². The Morgan fingerprint density at radius 3 is 2.47 bits per heavy atom. The van der Waals surface area contributed by atoms with Crippen molar-refractivity contribution in [2.75, 3.05) is 19.7 Å². The minimum atomic E-state index is 0.273. The first-order chi connectivity index (χ1) is 7.42. The van der Waals surface area contributed by atoms with Crippen LogP contribution in [0.3, 0.4) is 0 Å². The van der Waals surface area contributed by atoms with Gasteiger partial charge in [-0.1, -0.05) is 30.3 Å². The van der Waals surface area contributed by atoms with E-state index in [0.29, 0.717) is 11.8 Å². The first-order valence-electron chi connectivity index (χ1n) is 5.78. The molecule has 0 radical (unpaired) electrons. The fraction of sp³-hybridized carbons (Fsp3) is 0.538. The van der Waals surface area contributed by atoms with Gasteiger partial charge in [0.1, 0.15) is 0 Å². The van der Waals surface area contributed by atoms with Crippen LogP contribution >= 0.6 is 0 Å². The van der Waals surface area contributed by atoms with E-state index in [1.54, 1.807) is 0 Å². The zero-order valence-electron chi connectivity index (χ0n) is 9.02. The van der Waals surface area contributed by atoms with Gasteiger partial charge < -0.3 is 10.4 Å². The Kier molecular flexibility index (Phi) is 3.75. The Hall–Kier alpha value is -0.860. The average Bonchev–Trinajstić information content (AvgIpc) is 2.33. The van der Waals surface area contributed by atoms with Crippen LogP contribution in [-0.4, -0.2) is 24.8 Å². The number of aliphatic hydroxyl groups excluding tert-OH is 1. The zero-order chi connectivity index (χ0) is 10.5. The molecule has 0 aromatic heterocycles. The van der Waals surface area contributed by atoms with Crippen LogP contribution in [0.15, 0.2) is 30.3 Å². The van der Waals surface area contributed by atoms with Crippen LogP contribution in [0.4, 0.5) is 0 Å². The molecule has 1 atom stereocenters. The smallest absolute Gasteiger partial charge is 0.0502 e. The lowest BCUT2D eigenvalue weighted by Crippen LogP contribution is -2.32. The monoisotopic (exact) mass is 205 g/mol. The molecule has 1 saturated heterocycles. The molecule has 15 heavy (non-hydrogen) atoms. The average molecular weight is 205 g/mol. The third-order valence-corrected chi connectivity index (χ3v) is 3.38. The third kappa shape index (κ3) is 2.58. The van der Waals surface area contributed by atoms with Gasteiger partial charge >= 0.3 is 0 Å². The van der Waals surface area contributed by atoms with Gasteiger partial charge in [0, 0.05) is 5.92 Å². The highest BCUT2D eigenvalue weighted by Gasteiger charge is 2.23. The van der Waals surface area contributed by atoms with E-state index in [-0.39, 0.29) is 6.61 Å². The molecule has 2 N–H and O–H groups in total. The summed E-state index contributed by atoms with van der Waals surface area (Å²) >= 11 is 0. The highest BCUT2D eigenvalue weighted by atomic mass is 16.3. The highest BCUT2D eigenvalue weighted by Crippen LogP contribution is 2.30.